The first-order valence-electron chi connectivity index (χ1n) is 9.89. The maximum atomic E-state index is 12.7. The van der Waals surface area contributed by atoms with Crippen LogP contribution in [-0.2, 0) is 19.4 Å². The fourth-order valence-corrected chi connectivity index (χ4v) is 6.02. The summed E-state index contributed by atoms with van der Waals surface area (Å²) in [5.74, 6) is 0.336. The average molecular weight is 479 g/mol. The molecule has 0 aliphatic carbocycles. The molecule has 4 rings (SSSR count). The first-order chi connectivity index (χ1) is 15.3. The smallest absolute Gasteiger partial charge is 0.273 e. The molecule has 0 unspecified atom stereocenters. The topological polar surface area (TPSA) is 127 Å². The van der Waals surface area contributed by atoms with Gasteiger partial charge in [-0.15, -0.1) is 11.3 Å². The Kier molecular flexibility index (Phi) is 6.15. The summed E-state index contributed by atoms with van der Waals surface area (Å²) in [7, 11) is -0.0688. The van der Waals surface area contributed by atoms with Gasteiger partial charge in [-0.05, 0) is 24.6 Å². The van der Waals surface area contributed by atoms with Gasteiger partial charge in [-0.3, -0.25) is 14.9 Å². The number of sulfone groups is 1. The van der Waals surface area contributed by atoms with Crippen molar-refractivity contribution in [2.45, 2.75) is 25.3 Å². The number of amides is 2. The summed E-state index contributed by atoms with van der Waals surface area (Å²) in [5, 5.41) is 10.3. The van der Waals surface area contributed by atoms with Gasteiger partial charge in [-0.1, -0.05) is 0 Å². The molecule has 2 aromatic rings. The summed E-state index contributed by atoms with van der Waals surface area (Å²) in [4.78, 5) is 29.4. The molecule has 1 aromatic heterocycles. The largest absolute Gasteiger partial charge is 0.493 e. The second kappa shape index (κ2) is 8.87. The van der Waals surface area contributed by atoms with Crippen LogP contribution < -0.4 is 14.8 Å². The minimum atomic E-state index is -3.18. The van der Waals surface area contributed by atoms with Gasteiger partial charge in [-0.2, -0.15) is 5.10 Å². The highest BCUT2D eigenvalue weighted by Gasteiger charge is 2.37. The van der Waals surface area contributed by atoms with Crippen LogP contribution in [0.25, 0.3) is 11.3 Å². The monoisotopic (exact) mass is 478 g/mol. The Morgan fingerprint density at radius 1 is 1.22 bits per heavy atom. The van der Waals surface area contributed by atoms with E-state index < -0.39 is 21.8 Å². The molecular weight excluding hydrogens is 456 g/mol. The van der Waals surface area contributed by atoms with E-state index in [-0.39, 0.29) is 36.0 Å². The Bertz CT molecular complexity index is 1190. The van der Waals surface area contributed by atoms with E-state index in [9.17, 15) is 18.0 Å². The Morgan fingerprint density at radius 3 is 2.69 bits per heavy atom. The van der Waals surface area contributed by atoms with E-state index in [1.807, 2.05) is 6.07 Å². The number of carbonyl (C=O) groups excluding carboxylic acids is 2. The van der Waals surface area contributed by atoms with E-state index in [2.05, 4.69) is 15.4 Å². The number of methoxy groups -OCH3 is 2. The van der Waals surface area contributed by atoms with Crippen molar-refractivity contribution in [1.29, 1.82) is 0 Å². The quantitative estimate of drug-likeness (QED) is 0.672. The molecule has 3 heterocycles. The van der Waals surface area contributed by atoms with Crippen LogP contribution in [0.1, 0.15) is 19.3 Å². The van der Waals surface area contributed by atoms with Crippen molar-refractivity contribution in [3.63, 3.8) is 0 Å². The Hall–Kier alpha value is -2.99. The van der Waals surface area contributed by atoms with E-state index in [1.54, 1.807) is 31.7 Å². The van der Waals surface area contributed by atoms with Crippen molar-refractivity contribution in [3.8, 4) is 22.8 Å². The molecule has 12 heteroatoms. The number of ether oxygens (including phenoxy) is 2. The SMILES string of the molecule is COc1ccc(-c2csc(NC(=O)C3=NN([C@H]4CCS(=O)(=O)C4)C(=O)CC3)n2)cc1OC. The van der Waals surface area contributed by atoms with Gasteiger partial charge in [0.1, 0.15) is 5.71 Å². The summed E-state index contributed by atoms with van der Waals surface area (Å²) < 4.78 is 34.1. The molecule has 2 aliphatic heterocycles. The van der Waals surface area contributed by atoms with E-state index >= 15 is 0 Å². The maximum Gasteiger partial charge on any atom is 0.273 e. The second-order valence-electron chi connectivity index (χ2n) is 7.40. The molecule has 0 bridgehead atoms. The number of hydrogen-bond donors (Lipinski definition) is 1. The van der Waals surface area contributed by atoms with Crippen LogP contribution in [0.3, 0.4) is 0 Å². The molecule has 1 N–H and O–H groups in total. The molecule has 1 saturated heterocycles. The summed E-state index contributed by atoms with van der Waals surface area (Å²) in [6.07, 6.45) is 0.625. The highest BCUT2D eigenvalue weighted by molar-refractivity contribution is 7.91. The predicted octanol–water partition coefficient (Wildman–Crippen LogP) is 1.93. The van der Waals surface area contributed by atoms with Crippen LogP contribution >= 0.6 is 11.3 Å². The van der Waals surface area contributed by atoms with Gasteiger partial charge in [-0.25, -0.2) is 18.4 Å². The van der Waals surface area contributed by atoms with Crippen molar-refractivity contribution in [2.75, 3.05) is 31.0 Å². The van der Waals surface area contributed by atoms with Crippen LogP contribution in [0.4, 0.5) is 5.13 Å². The minimum absolute atomic E-state index is 0.0243. The zero-order valence-corrected chi connectivity index (χ0v) is 19.2. The normalized spacial score (nSPS) is 20.1. The average Bonchev–Trinajstić information content (AvgIpc) is 3.39. The number of nitrogens with zero attached hydrogens (tertiary/aromatic N) is 3. The van der Waals surface area contributed by atoms with Crippen molar-refractivity contribution in [1.82, 2.24) is 9.99 Å². The first kappa shape index (κ1) is 22.2. The van der Waals surface area contributed by atoms with Gasteiger partial charge in [0.2, 0.25) is 5.91 Å². The number of hydrogen-bond acceptors (Lipinski definition) is 9. The number of rotatable bonds is 6. The molecule has 170 valence electrons. The summed E-state index contributed by atoms with van der Waals surface area (Å²) >= 11 is 1.26. The van der Waals surface area contributed by atoms with Crippen molar-refractivity contribution >= 4 is 43.8 Å². The van der Waals surface area contributed by atoms with E-state index in [0.717, 1.165) is 5.56 Å². The lowest BCUT2D eigenvalue weighted by Crippen LogP contribution is -2.42. The van der Waals surface area contributed by atoms with E-state index in [0.29, 0.717) is 28.7 Å². The Balaban J connectivity index is 1.48. The van der Waals surface area contributed by atoms with Crippen molar-refractivity contribution in [3.05, 3.63) is 23.6 Å². The van der Waals surface area contributed by atoms with E-state index in [4.69, 9.17) is 9.47 Å². The number of nitrogens with one attached hydrogen (secondary N) is 1. The third-order valence-electron chi connectivity index (χ3n) is 5.28. The number of anilines is 1. The number of carbonyl (C=O) groups is 2. The van der Waals surface area contributed by atoms with Crippen LogP contribution in [0.5, 0.6) is 11.5 Å². The van der Waals surface area contributed by atoms with Crippen LogP contribution in [-0.4, -0.2) is 67.7 Å². The minimum Gasteiger partial charge on any atom is -0.493 e. The lowest BCUT2D eigenvalue weighted by Gasteiger charge is -2.27. The highest BCUT2D eigenvalue weighted by Crippen LogP contribution is 2.33. The van der Waals surface area contributed by atoms with Gasteiger partial charge in [0.05, 0.1) is 37.5 Å². The van der Waals surface area contributed by atoms with Gasteiger partial charge in [0.15, 0.2) is 26.5 Å². The molecular formula is C20H22N4O6S2. The Labute approximate surface area is 189 Å². The molecule has 2 amide bonds. The fraction of sp³-hybridized carbons (Fsp3) is 0.400. The van der Waals surface area contributed by atoms with Crippen molar-refractivity contribution in [2.24, 2.45) is 5.10 Å². The van der Waals surface area contributed by atoms with Gasteiger partial charge in [0, 0.05) is 23.8 Å². The summed E-state index contributed by atoms with van der Waals surface area (Å²) in [6, 6.07) is 4.89. The number of benzene rings is 1. The van der Waals surface area contributed by atoms with Gasteiger partial charge in [0.25, 0.3) is 5.91 Å². The zero-order chi connectivity index (χ0) is 22.9. The van der Waals surface area contributed by atoms with Crippen LogP contribution in [0.15, 0.2) is 28.7 Å². The fourth-order valence-electron chi connectivity index (χ4n) is 3.62. The lowest BCUT2D eigenvalue weighted by atomic mass is 10.1. The summed E-state index contributed by atoms with van der Waals surface area (Å²) in [5.41, 5.74) is 1.63. The molecule has 1 aromatic carbocycles. The zero-order valence-electron chi connectivity index (χ0n) is 17.5. The molecule has 10 nitrogen and oxygen atoms in total. The maximum absolute atomic E-state index is 12.7. The third-order valence-corrected chi connectivity index (χ3v) is 7.79. The molecule has 32 heavy (non-hydrogen) atoms. The molecule has 0 saturated carbocycles. The highest BCUT2D eigenvalue weighted by atomic mass is 32.2. The van der Waals surface area contributed by atoms with Crippen LogP contribution in [0.2, 0.25) is 0 Å². The summed E-state index contributed by atoms with van der Waals surface area (Å²) in [6.45, 7) is 0. The second-order valence-corrected chi connectivity index (χ2v) is 10.5. The van der Waals surface area contributed by atoms with Crippen molar-refractivity contribution < 1.29 is 27.5 Å². The number of aromatic nitrogens is 1. The molecule has 0 radical (unpaired) electrons. The lowest BCUT2D eigenvalue weighted by molar-refractivity contribution is -0.133. The van der Waals surface area contributed by atoms with Crippen LogP contribution in [0, 0.1) is 0 Å². The predicted molar refractivity (Wildman–Crippen MR) is 120 cm³/mol. The molecule has 2 aliphatic rings. The molecule has 1 fully saturated rings. The molecule has 1 atom stereocenters. The van der Waals surface area contributed by atoms with Gasteiger partial charge < -0.3 is 9.47 Å². The van der Waals surface area contributed by atoms with E-state index in [1.165, 1.54) is 16.3 Å². The first-order valence-corrected chi connectivity index (χ1v) is 12.6. The molecule has 0 spiro atoms. The Morgan fingerprint density at radius 2 is 2.00 bits per heavy atom. The number of hydrazone groups is 1. The van der Waals surface area contributed by atoms with Gasteiger partial charge >= 0.3 is 0 Å². The third kappa shape index (κ3) is 4.60. The standard InChI is InChI=1S/C20H22N4O6S2/c1-29-16-5-3-12(9-17(16)30-2)15-10-31-20(21-15)22-19(26)14-4-6-18(25)24(23-14)13-7-8-32(27,28)11-13/h3,5,9-10,13H,4,6-8,11H2,1-2H3,(H,21,22,26)/t13-/m0/s1. The number of thiazole rings is 1.